The molecule has 1 aromatic carbocycles. The zero-order valence-corrected chi connectivity index (χ0v) is 18.6. The van der Waals surface area contributed by atoms with Gasteiger partial charge in [0.2, 0.25) is 5.88 Å². The summed E-state index contributed by atoms with van der Waals surface area (Å²) in [6.07, 6.45) is 3.15. The second kappa shape index (κ2) is 9.96. The summed E-state index contributed by atoms with van der Waals surface area (Å²) in [5.41, 5.74) is -0.206. The molecule has 1 N–H and O–H groups in total. The van der Waals surface area contributed by atoms with Crippen LogP contribution in [0.25, 0.3) is 10.6 Å². The number of ketones is 2. The highest BCUT2D eigenvalue weighted by molar-refractivity contribution is 7.14. The van der Waals surface area contributed by atoms with Crippen LogP contribution in [0.4, 0.5) is 13.2 Å². The number of H-pyrrole nitrogens is 1. The lowest BCUT2D eigenvalue weighted by atomic mass is 10.0. The molecule has 4 rings (SSSR count). The summed E-state index contributed by atoms with van der Waals surface area (Å²) < 4.78 is 46.4. The van der Waals surface area contributed by atoms with Crippen molar-refractivity contribution in [1.82, 2.24) is 20.2 Å². The molecular weight excluding hydrogens is 469 g/mol. The first-order chi connectivity index (χ1) is 16.4. The number of aryl methyl sites for hydroxylation is 1. The maximum Gasteiger partial charge on any atom is 0.223 e. The van der Waals surface area contributed by atoms with Crippen LogP contribution in [0.2, 0.25) is 0 Å². The molecule has 0 aliphatic carbocycles. The van der Waals surface area contributed by atoms with Gasteiger partial charge in [0.15, 0.2) is 16.6 Å². The topological polar surface area (TPSA) is 97.8 Å². The van der Waals surface area contributed by atoms with Crippen molar-refractivity contribution < 1.29 is 27.5 Å². The van der Waals surface area contributed by atoms with Crippen molar-refractivity contribution in [1.29, 1.82) is 0 Å². The summed E-state index contributed by atoms with van der Waals surface area (Å²) in [5.74, 6) is -4.64. The van der Waals surface area contributed by atoms with E-state index in [1.165, 1.54) is 23.6 Å². The van der Waals surface area contributed by atoms with Gasteiger partial charge in [-0.3, -0.25) is 9.59 Å². The minimum Gasteiger partial charge on any atom is -0.477 e. The van der Waals surface area contributed by atoms with Gasteiger partial charge in [0, 0.05) is 42.9 Å². The van der Waals surface area contributed by atoms with E-state index < -0.39 is 28.8 Å². The van der Waals surface area contributed by atoms with Gasteiger partial charge in [-0.2, -0.15) is 0 Å². The normalized spacial score (nSPS) is 10.9. The molecule has 0 aliphatic heterocycles. The zero-order chi connectivity index (χ0) is 24.2. The minimum absolute atomic E-state index is 0.0629. The molecule has 3 heterocycles. The summed E-state index contributed by atoms with van der Waals surface area (Å²) in [6, 6.07) is 5.64. The lowest BCUT2D eigenvalue weighted by Gasteiger charge is -2.04. The van der Waals surface area contributed by atoms with E-state index in [1.54, 1.807) is 12.3 Å². The number of Topliss-reactive ketones (excluding diaryl/α,β-unsaturated/α-hetero) is 1. The number of benzene rings is 1. The van der Waals surface area contributed by atoms with Crippen molar-refractivity contribution in [3.8, 4) is 16.5 Å². The van der Waals surface area contributed by atoms with Gasteiger partial charge in [-0.1, -0.05) is 11.3 Å². The van der Waals surface area contributed by atoms with Crippen LogP contribution >= 0.6 is 11.3 Å². The summed E-state index contributed by atoms with van der Waals surface area (Å²) in [4.78, 5) is 31.9. The predicted octanol–water partition coefficient (Wildman–Crippen LogP) is 4.79. The number of pyridine rings is 1. The number of carbonyl (C=O) groups is 2. The van der Waals surface area contributed by atoms with E-state index in [2.05, 4.69) is 20.2 Å². The molecule has 174 valence electrons. The molecule has 11 heteroatoms. The van der Waals surface area contributed by atoms with E-state index >= 15 is 0 Å². The van der Waals surface area contributed by atoms with Gasteiger partial charge in [-0.05, 0) is 25.1 Å². The molecule has 0 spiro atoms. The van der Waals surface area contributed by atoms with Crippen LogP contribution < -0.4 is 4.74 Å². The number of carbonyl (C=O) groups excluding carboxylic acids is 2. The predicted molar refractivity (Wildman–Crippen MR) is 118 cm³/mol. The van der Waals surface area contributed by atoms with Crippen LogP contribution in [0.1, 0.15) is 44.8 Å². The van der Waals surface area contributed by atoms with Crippen molar-refractivity contribution >= 4 is 22.9 Å². The fourth-order valence-corrected chi connectivity index (χ4v) is 4.07. The summed E-state index contributed by atoms with van der Waals surface area (Å²) >= 11 is 1.30. The molecule has 0 bridgehead atoms. The summed E-state index contributed by atoms with van der Waals surface area (Å²) in [6.45, 7) is 2.30. The van der Waals surface area contributed by atoms with Crippen molar-refractivity contribution in [3.05, 3.63) is 82.0 Å². The largest absolute Gasteiger partial charge is 0.477 e. The first-order valence-corrected chi connectivity index (χ1v) is 11.0. The maximum absolute atomic E-state index is 13.9. The molecule has 7 nitrogen and oxygen atoms in total. The van der Waals surface area contributed by atoms with E-state index in [0.717, 1.165) is 0 Å². The molecule has 0 amide bonds. The number of nitrogens with one attached hydrogen (secondary N) is 1. The Morgan fingerprint density at radius 3 is 2.62 bits per heavy atom. The standard InChI is InChI=1S/C23H17F3N4O3S/c1-2-33-22-14(4-3-7-27-22)23-30-29-19(34-23)6-5-18(31)17-8-12(11-28-17)21(32)20-15(25)9-13(24)10-16(20)26/h3-4,7-11,28H,2,5-6H2,1H3. The maximum atomic E-state index is 13.9. The fraction of sp³-hybridized carbons (Fsp3) is 0.174. The van der Waals surface area contributed by atoms with Gasteiger partial charge in [-0.25, -0.2) is 18.2 Å². The van der Waals surface area contributed by atoms with Crippen LogP contribution in [0.15, 0.2) is 42.7 Å². The number of ether oxygens (including phenoxy) is 1. The van der Waals surface area contributed by atoms with Crippen molar-refractivity contribution in [3.63, 3.8) is 0 Å². The van der Waals surface area contributed by atoms with Crippen molar-refractivity contribution in [2.45, 2.75) is 19.8 Å². The molecule has 3 aromatic heterocycles. The highest BCUT2D eigenvalue weighted by Crippen LogP contribution is 2.30. The van der Waals surface area contributed by atoms with Gasteiger partial charge in [0.25, 0.3) is 0 Å². The van der Waals surface area contributed by atoms with Crippen molar-refractivity contribution in [2.24, 2.45) is 0 Å². The van der Waals surface area contributed by atoms with Gasteiger partial charge in [0.05, 0.1) is 23.4 Å². The Bertz CT molecular complexity index is 1350. The Hall–Kier alpha value is -3.86. The summed E-state index contributed by atoms with van der Waals surface area (Å²) in [7, 11) is 0. The van der Waals surface area contributed by atoms with Crippen LogP contribution in [0.5, 0.6) is 5.88 Å². The number of hydrogen-bond donors (Lipinski definition) is 1. The van der Waals surface area contributed by atoms with Crippen LogP contribution in [0.3, 0.4) is 0 Å². The van der Waals surface area contributed by atoms with Crippen LogP contribution in [-0.2, 0) is 6.42 Å². The second-order valence-electron chi connectivity index (χ2n) is 7.09. The number of nitrogens with zero attached hydrogens (tertiary/aromatic N) is 3. The van der Waals surface area contributed by atoms with E-state index in [9.17, 15) is 22.8 Å². The average Bonchev–Trinajstić information content (AvgIpc) is 3.48. The van der Waals surface area contributed by atoms with Crippen LogP contribution in [-0.4, -0.2) is 38.3 Å². The number of hydrogen-bond acceptors (Lipinski definition) is 7. The second-order valence-corrected chi connectivity index (χ2v) is 8.15. The van der Waals surface area contributed by atoms with Gasteiger partial charge >= 0.3 is 0 Å². The molecule has 0 aliphatic rings. The molecule has 34 heavy (non-hydrogen) atoms. The number of halogens is 3. The third kappa shape index (κ3) is 4.88. The summed E-state index contributed by atoms with van der Waals surface area (Å²) in [5, 5.41) is 9.49. The molecule has 0 radical (unpaired) electrons. The third-order valence-corrected chi connectivity index (χ3v) is 5.81. The molecule has 0 fully saturated rings. The minimum atomic E-state index is -1.32. The number of aromatic nitrogens is 4. The number of aromatic amines is 1. The van der Waals surface area contributed by atoms with E-state index in [1.807, 2.05) is 13.0 Å². The molecule has 0 saturated carbocycles. The van der Waals surface area contributed by atoms with Crippen molar-refractivity contribution in [2.75, 3.05) is 6.61 Å². The fourth-order valence-electron chi connectivity index (χ4n) is 3.21. The lowest BCUT2D eigenvalue weighted by molar-refractivity contribution is 0.0978. The number of rotatable bonds is 9. The molecule has 0 unspecified atom stereocenters. The monoisotopic (exact) mass is 486 g/mol. The molecular formula is C23H17F3N4O3S. The smallest absolute Gasteiger partial charge is 0.223 e. The highest BCUT2D eigenvalue weighted by Gasteiger charge is 2.22. The van der Waals surface area contributed by atoms with Gasteiger partial charge < -0.3 is 9.72 Å². The molecule has 4 aromatic rings. The first-order valence-electron chi connectivity index (χ1n) is 10.2. The van der Waals surface area contributed by atoms with E-state index in [-0.39, 0.29) is 23.5 Å². The third-order valence-electron chi connectivity index (χ3n) is 4.79. The quantitative estimate of drug-likeness (QED) is 0.342. The van der Waals surface area contributed by atoms with Gasteiger partial charge in [-0.15, -0.1) is 10.2 Å². The zero-order valence-electron chi connectivity index (χ0n) is 17.8. The molecule has 0 atom stereocenters. The Morgan fingerprint density at radius 1 is 1.12 bits per heavy atom. The Balaban J connectivity index is 1.43. The SMILES string of the molecule is CCOc1ncccc1-c1nnc(CCC(=O)c2cc(C(=O)c3c(F)cc(F)cc3F)c[nH]2)s1. The van der Waals surface area contributed by atoms with Gasteiger partial charge in [0.1, 0.15) is 22.5 Å². The lowest BCUT2D eigenvalue weighted by Crippen LogP contribution is -2.07. The Kier molecular flexibility index (Phi) is 6.82. The molecule has 0 saturated heterocycles. The first kappa shape index (κ1) is 23.3. The highest BCUT2D eigenvalue weighted by atomic mass is 32.1. The Morgan fingerprint density at radius 2 is 1.88 bits per heavy atom. The average molecular weight is 486 g/mol. The van der Waals surface area contributed by atoms with Crippen LogP contribution in [0, 0.1) is 17.5 Å². The van der Waals surface area contributed by atoms with E-state index in [4.69, 9.17) is 4.74 Å². The Labute approximate surface area is 195 Å². The van der Waals surface area contributed by atoms with E-state index in [0.29, 0.717) is 46.6 Å².